The molecule has 0 aliphatic carbocycles. The lowest BCUT2D eigenvalue weighted by molar-refractivity contribution is -0.137. The fourth-order valence-electron chi connectivity index (χ4n) is 2.98. The van der Waals surface area contributed by atoms with E-state index in [1.807, 2.05) is 0 Å². The quantitative estimate of drug-likeness (QED) is 0.351. The largest absolute Gasteiger partial charge is 0.444 e. The number of nitrogens with one attached hydrogen (secondary N) is 1. The molecular weight excluding hydrogens is 422 g/mol. The van der Waals surface area contributed by atoms with Crippen LogP contribution in [0.5, 0.6) is 5.75 Å². The maximum Gasteiger partial charge on any atom is 0.408 e. The summed E-state index contributed by atoms with van der Waals surface area (Å²) in [6.45, 7) is 10.8. The first-order valence-corrected chi connectivity index (χ1v) is 10.8. The van der Waals surface area contributed by atoms with Crippen LogP contribution in [0.25, 0.3) is 11.0 Å². The first-order chi connectivity index (χ1) is 14.4. The molecule has 0 saturated carbocycles. The molecule has 0 fully saturated rings. The summed E-state index contributed by atoms with van der Waals surface area (Å²) >= 11 is 6.36. The molecule has 0 radical (unpaired) electrons. The molecule has 1 aromatic heterocycles. The molecule has 0 aliphatic rings. The van der Waals surface area contributed by atoms with Crippen molar-refractivity contribution in [3.05, 3.63) is 39.2 Å². The van der Waals surface area contributed by atoms with E-state index in [0.29, 0.717) is 11.8 Å². The third-order valence-corrected chi connectivity index (χ3v) is 4.78. The average molecular weight is 452 g/mol. The van der Waals surface area contributed by atoms with Crippen molar-refractivity contribution in [2.24, 2.45) is 5.92 Å². The zero-order valence-electron chi connectivity index (χ0n) is 18.8. The average Bonchev–Trinajstić information content (AvgIpc) is 2.63. The van der Waals surface area contributed by atoms with Crippen molar-refractivity contribution >= 4 is 34.6 Å². The summed E-state index contributed by atoms with van der Waals surface area (Å²) in [4.78, 5) is 36.8. The smallest absolute Gasteiger partial charge is 0.408 e. The molecule has 2 rings (SSSR count). The van der Waals surface area contributed by atoms with Gasteiger partial charge in [-0.15, -0.1) is 0 Å². The van der Waals surface area contributed by atoms with Gasteiger partial charge in [-0.05, 0) is 51.2 Å². The second-order valence-electron chi connectivity index (χ2n) is 8.76. The van der Waals surface area contributed by atoms with Crippen molar-refractivity contribution in [3.63, 3.8) is 0 Å². The molecule has 1 heterocycles. The van der Waals surface area contributed by atoms with E-state index in [1.54, 1.807) is 40.7 Å². The Morgan fingerprint density at radius 2 is 1.87 bits per heavy atom. The highest BCUT2D eigenvalue weighted by Gasteiger charge is 2.29. The van der Waals surface area contributed by atoms with Gasteiger partial charge in [-0.3, -0.25) is 0 Å². The van der Waals surface area contributed by atoms with E-state index in [1.165, 1.54) is 12.1 Å². The minimum Gasteiger partial charge on any atom is -0.444 e. The highest BCUT2D eigenvalue weighted by molar-refractivity contribution is 6.33. The molecule has 31 heavy (non-hydrogen) atoms. The number of hydrogen-bond acceptors (Lipinski definition) is 6. The molecule has 1 atom stereocenters. The summed E-state index contributed by atoms with van der Waals surface area (Å²) in [5.41, 5.74) is -0.0686. The third kappa shape index (κ3) is 6.99. The van der Waals surface area contributed by atoms with Gasteiger partial charge >= 0.3 is 17.7 Å². The summed E-state index contributed by atoms with van der Waals surface area (Å²) in [5.74, 6) is -0.920. The maximum atomic E-state index is 12.8. The number of esters is 1. The van der Waals surface area contributed by atoms with Crippen LogP contribution in [0, 0.1) is 5.92 Å². The molecule has 0 saturated heterocycles. The Kier molecular flexibility index (Phi) is 8.12. The predicted molar refractivity (Wildman–Crippen MR) is 120 cm³/mol. The van der Waals surface area contributed by atoms with Gasteiger partial charge in [0.25, 0.3) is 0 Å². The zero-order valence-corrected chi connectivity index (χ0v) is 19.6. The first-order valence-electron chi connectivity index (χ1n) is 10.4. The molecule has 170 valence electrons. The van der Waals surface area contributed by atoms with Gasteiger partial charge in [-0.1, -0.05) is 38.8 Å². The highest BCUT2D eigenvalue weighted by atomic mass is 35.5. The normalized spacial score (nSPS) is 12.6. The molecule has 0 unspecified atom stereocenters. The molecule has 7 nitrogen and oxygen atoms in total. The fourth-order valence-corrected chi connectivity index (χ4v) is 3.19. The summed E-state index contributed by atoms with van der Waals surface area (Å²) in [6.07, 6.45) is 1.88. The topological polar surface area (TPSA) is 94.8 Å². The van der Waals surface area contributed by atoms with Gasteiger partial charge in [0.2, 0.25) is 0 Å². The number of alkyl carbamates (subject to hydrolysis) is 1. The molecule has 0 aliphatic heterocycles. The predicted octanol–water partition coefficient (Wildman–Crippen LogP) is 5.24. The van der Waals surface area contributed by atoms with Crippen LogP contribution in [-0.4, -0.2) is 23.7 Å². The van der Waals surface area contributed by atoms with Crippen LogP contribution in [0.3, 0.4) is 0 Å². The molecular formula is C23H30ClNO6. The van der Waals surface area contributed by atoms with Crippen LogP contribution in [0.2, 0.25) is 5.02 Å². The van der Waals surface area contributed by atoms with Gasteiger partial charge in [-0.25, -0.2) is 14.4 Å². The van der Waals surface area contributed by atoms with Crippen molar-refractivity contribution in [2.45, 2.75) is 72.4 Å². The van der Waals surface area contributed by atoms with E-state index in [-0.39, 0.29) is 22.3 Å². The Hall–Kier alpha value is -2.54. The standard InChI is InChI=1S/C23H30ClNO6/c1-7-8-9-14-10-19(26)29-17-12-18(16(24)11-15(14)17)30-21(27)20(13(2)3)25-22(28)31-23(4,5)6/h10-13,20H,7-9H2,1-6H3,(H,25,28)/t20-/m1/s1. The molecule has 0 spiro atoms. The number of ether oxygens (including phenoxy) is 2. The summed E-state index contributed by atoms with van der Waals surface area (Å²) < 4.78 is 16.0. The Balaban J connectivity index is 2.30. The molecule has 0 bridgehead atoms. The highest BCUT2D eigenvalue weighted by Crippen LogP contribution is 2.32. The first kappa shape index (κ1) is 24.7. The molecule has 1 N–H and O–H groups in total. The van der Waals surface area contributed by atoms with Crippen LogP contribution in [0.15, 0.2) is 27.4 Å². The maximum absolute atomic E-state index is 12.8. The van der Waals surface area contributed by atoms with Crippen molar-refractivity contribution < 1.29 is 23.5 Å². The number of rotatable bonds is 7. The Morgan fingerprint density at radius 3 is 2.45 bits per heavy atom. The van der Waals surface area contributed by atoms with Gasteiger partial charge in [0.15, 0.2) is 5.75 Å². The lowest BCUT2D eigenvalue weighted by atomic mass is 10.0. The second kappa shape index (κ2) is 10.2. The Labute approximate surface area is 187 Å². The van der Waals surface area contributed by atoms with E-state index >= 15 is 0 Å². The SMILES string of the molecule is CCCCc1cc(=O)oc2cc(OC(=O)[C@H](NC(=O)OC(C)(C)C)C(C)C)c(Cl)cc12. The number of carbonyl (C=O) groups excluding carboxylic acids is 2. The van der Waals surface area contributed by atoms with Crippen LogP contribution >= 0.6 is 11.6 Å². The van der Waals surface area contributed by atoms with Crippen molar-refractivity contribution in [3.8, 4) is 5.75 Å². The van der Waals surface area contributed by atoms with Crippen LogP contribution in [-0.2, 0) is 16.0 Å². The second-order valence-corrected chi connectivity index (χ2v) is 9.17. The number of unbranched alkanes of at least 4 members (excludes halogenated alkanes) is 1. The number of benzene rings is 1. The number of halogens is 1. The van der Waals surface area contributed by atoms with Gasteiger partial charge in [0.1, 0.15) is 17.2 Å². The number of hydrogen-bond donors (Lipinski definition) is 1. The van der Waals surface area contributed by atoms with Gasteiger partial charge < -0.3 is 19.2 Å². The monoisotopic (exact) mass is 451 g/mol. The summed E-state index contributed by atoms with van der Waals surface area (Å²) in [6, 6.07) is 3.56. The lowest BCUT2D eigenvalue weighted by Crippen LogP contribution is -2.48. The fraction of sp³-hybridized carbons (Fsp3) is 0.522. The van der Waals surface area contributed by atoms with Crippen molar-refractivity contribution in [2.75, 3.05) is 0 Å². The molecule has 2 aromatic rings. The zero-order chi connectivity index (χ0) is 23.3. The van der Waals surface area contributed by atoms with Gasteiger partial charge in [0, 0.05) is 17.5 Å². The van der Waals surface area contributed by atoms with Gasteiger partial charge in [-0.2, -0.15) is 0 Å². The number of aryl methyl sites for hydroxylation is 1. The summed E-state index contributed by atoms with van der Waals surface area (Å²) in [7, 11) is 0. The number of amides is 1. The van der Waals surface area contributed by atoms with E-state index in [4.69, 9.17) is 25.5 Å². The minimum atomic E-state index is -0.954. The van der Waals surface area contributed by atoms with Crippen LogP contribution in [0.4, 0.5) is 4.79 Å². The molecule has 8 heteroatoms. The third-order valence-electron chi connectivity index (χ3n) is 4.49. The van der Waals surface area contributed by atoms with E-state index in [2.05, 4.69) is 12.2 Å². The van der Waals surface area contributed by atoms with E-state index in [9.17, 15) is 14.4 Å². The van der Waals surface area contributed by atoms with Crippen LogP contribution in [0.1, 0.15) is 59.9 Å². The van der Waals surface area contributed by atoms with Crippen molar-refractivity contribution in [1.82, 2.24) is 5.32 Å². The number of carbonyl (C=O) groups is 2. The summed E-state index contributed by atoms with van der Waals surface area (Å²) in [5, 5.41) is 3.44. The van der Waals surface area contributed by atoms with E-state index < -0.39 is 29.3 Å². The Morgan fingerprint density at radius 1 is 1.19 bits per heavy atom. The van der Waals surface area contributed by atoms with Gasteiger partial charge in [0.05, 0.1) is 5.02 Å². The molecule has 1 amide bonds. The van der Waals surface area contributed by atoms with Crippen LogP contribution < -0.4 is 15.7 Å². The van der Waals surface area contributed by atoms with E-state index in [0.717, 1.165) is 18.4 Å². The lowest BCUT2D eigenvalue weighted by Gasteiger charge is -2.24. The minimum absolute atomic E-state index is 0.0478. The number of fused-ring (bicyclic) bond motifs is 1. The van der Waals surface area contributed by atoms with Crippen molar-refractivity contribution in [1.29, 1.82) is 0 Å². The Bertz CT molecular complexity index is 1010. The molecule has 1 aromatic carbocycles.